The minimum absolute atomic E-state index is 0.279. The minimum Gasteiger partial charge on any atom is -0.497 e. The van der Waals surface area contributed by atoms with Crippen LogP contribution >= 0.6 is 23.2 Å². The van der Waals surface area contributed by atoms with Gasteiger partial charge in [0.05, 0.1) is 24.6 Å². The van der Waals surface area contributed by atoms with E-state index in [4.69, 9.17) is 32.7 Å². The molecular formula is C15H14Cl2O2. The highest BCUT2D eigenvalue weighted by Crippen LogP contribution is 2.34. The molecule has 0 amide bonds. The molecule has 0 saturated heterocycles. The van der Waals surface area contributed by atoms with Gasteiger partial charge in [-0.15, -0.1) is 11.6 Å². The van der Waals surface area contributed by atoms with Gasteiger partial charge in [0.15, 0.2) is 0 Å². The first-order valence-corrected chi connectivity index (χ1v) is 6.58. The lowest BCUT2D eigenvalue weighted by Gasteiger charge is -2.13. The van der Waals surface area contributed by atoms with E-state index in [1.165, 1.54) is 0 Å². The van der Waals surface area contributed by atoms with Crippen molar-refractivity contribution in [3.63, 3.8) is 0 Å². The van der Waals surface area contributed by atoms with Crippen molar-refractivity contribution in [1.29, 1.82) is 0 Å². The molecule has 0 spiro atoms. The Hall–Kier alpha value is -1.38. The second-order valence-electron chi connectivity index (χ2n) is 4.03. The van der Waals surface area contributed by atoms with Crippen molar-refractivity contribution in [3.8, 4) is 11.5 Å². The summed E-state index contributed by atoms with van der Waals surface area (Å²) in [5, 5.41) is 0.270. The summed E-state index contributed by atoms with van der Waals surface area (Å²) in [4.78, 5) is 0. The fraction of sp³-hybridized carbons (Fsp3) is 0.200. The van der Waals surface area contributed by atoms with E-state index >= 15 is 0 Å². The molecule has 19 heavy (non-hydrogen) atoms. The molecular weight excluding hydrogens is 283 g/mol. The highest BCUT2D eigenvalue weighted by Gasteiger charge is 2.13. The average molecular weight is 297 g/mol. The van der Waals surface area contributed by atoms with E-state index in [1.54, 1.807) is 14.2 Å². The summed E-state index contributed by atoms with van der Waals surface area (Å²) in [6.45, 7) is 0. The summed E-state index contributed by atoms with van der Waals surface area (Å²) >= 11 is 12.6. The Balaban J connectivity index is 2.32. The van der Waals surface area contributed by atoms with E-state index in [9.17, 15) is 0 Å². The second-order valence-corrected chi connectivity index (χ2v) is 4.88. The van der Waals surface area contributed by atoms with Gasteiger partial charge in [0.1, 0.15) is 11.5 Å². The highest BCUT2D eigenvalue weighted by atomic mass is 35.5. The number of benzene rings is 2. The topological polar surface area (TPSA) is 18.5 Å². The van der Waals surface area contributed by atoms with Gasteiger partial charge < -0.3 is 9.47 Å². The van der Waals surface area contributed by atoms with Crippen molar-refractivity contribution in [2.45, 2.75) is 5.38 Å². The van der Waals surface area contributed by atoms with Gasteiger partial charge in [0.25, 0.3) is 0 Å². The van der Waals surface area contributed by atoms with Crippen molar-refractivity contribution in [2.75, 3.05) is 14.2 Å². The van der Waals surface area contributed by atoms with Crippen LogP contribution in [-0.2, 0) is 0 Å². The molecule has 2 rings (SSSR count). The van der Waals surface area contributed by atoms with E-state index < -0.39 is 0 Å². The Labute approximate surface area is 122 Å². The monoisotopic (exact) mass is 296 g/mol. The lowest BCUT2D eigenvalue weighted by molar-refractivity contribution is 0.414. The molecule has 0 fully saturated rings. The van der Waals surface area contributed by atoms with Gasteiger partial charge in [0.2, 0.25) is 0 Å². The Bertz CT molecular complexity index is 570. The maximum Gasteiger partial charge on any atom is 0.137 e. The molecule has 0 bridgehead atoms. The average Bonchev–Trinajstić information content (AvgIpc) is 2.46. The summed E-state index contributed by atoms with van der Waals surface area (Å²) in [5.74, 6) is 1.42. The first-order chi connectivity index (χ1) is 9.15. The van der Waals surface area contributed by atoms with Crippen LogP contribution in [0.5, 0.6) is 11.5 Å². The fourth-order valence-electron chi connectivity index (χ4n) is 1.83. The number of rotatable bonds is 4. The van der Waals surface area contributed by atoms with E-state index in [0.717, 1.165) is 16.9 Å². The molecule has 0 aliphatic heterocycles. The van der Waals surface area contributed by atoms with Crippen LogP contribution in [-0.4, -0.2) is 14.2 Å². The molecule has 0 radical (unpaired) electrons. The van der Waals surface area contributed by atoms with Crippen LogP contribution in [0.1, 0.15) is 16.5 Å². The second kappa shape index (κ2) is 6.18. The number of hydrogen-bond acceptors (Lipinski definition) is 2. The summed E-state index contributed by atoms with van der Waals surface area (Å²) in [5.41, 5.74) is 1.88. The molecule has 0 saturated carbocycles. The molecule has 1 atom stereocenters. The number of halogens is 2. The Morgan fingerprint density at radius 3 is 2.32 bits per heavy atom. The Morgan fingerprint density at radius 2 is 1.68 bits per heavy atom. The summed E-state index contributed by atoms with van der Waals surface area (Å²) in [7, 11) is 3.22. The van der Waals surface area contributed by atoms with Gasteiger partial charge >= 0.3 is 0 Å². The van der Waals surface area contributed by atoms with Crippen LogP contribution in [0.25, 0.3) is 0 Å². The van der Waals surface area contributed by atoms with Crippen molar-refractivity contribution in [3.05, 3.63) is 58.6 Å². The van der Waals surface area contributed by atoms with Crippen LogP contribution in [0.2, 0.25) is 5.02 Å². The third kappa shape index (κ3) is 3.14. The lowest BCUT2D eigenvalue weighted by atomic mass is 10.0. The largest absolute Gasteiger partial charge is 0.497 e. The fourth-order valence-corrected chi connectivity index (χ4v) is 2.37. The van der Waals surface area contributed by atoms with E-state index in [0.29, 0.717) is 10.8 Å². The standard InChI is InChI=1S/C15H14Cl2O2/c1-18-12-5-3-4-10(8-12)15(17)11-6-7-14(19-2)13(16)9-11/h3-9,15H,1-2H3. The predicted octanol–water partition coefficient (Wildman–Crippen LogP) is 4.69. The van der Waals surface area contributed by atoms with Crippen LogP contribution in [0.3, 0.4) is 0 Å². The lowest BCUT2D eigenvalue weighted by Crippen LogP contribution is -1.95. The normalized spacial score (nSPS) is 12.0. The first-order valence-electron chi connectivity index (χ1n) is 5.77. The highest BCUT2D eigenvalue weighted by molar-refractivity contribution is 6.32. The van der Waals surface area contributed by atoms with Crippen LogP contribution in [0.15, 0.2) is 42.5 Å². The molecule has 2 aromatic carbocycles. The van der Waals surface area contributed by atoms with Gasteiger partial charge in [-0.3, -0.25) is 0 Å². The minimum atomic E-state index is -0.279. The molecule has 2 nitrogen and oxygen atoms in total. The van der Waals surface area contributed by atoms with E-state index in [2.05, 4.69) is 0 Å². The van der Waals surface area contributed by atoms with Crippen molar-refractivity contribution in [1.82, 2.24) is 0 Å². The molecule has 4 heteroatoms. The molecule has 0 aliphatic rings. The molecule has 0 heterocycles. The SMILES string of the molecule is COc1cccc(C(Cl)c2ccc(OC)c(Cl)c2)c1. The van der Waals surface area contributed by atoms with Gasteiger partial charge in [0, 0.05) is 0 Å². The first kappa shape index (κ1) is 14.0. The Kier molecular flexibility index (Phi) is 4.56. The van der Waals surface area contributed by atoms with Crippen LogP contribution in [0, 0.1) is 0 Å². The summed E-state index contributed by atoms with van der Waals surface area (Å²) < 4.78 is 10.3. The van der Waals surface area contributed by atoms with E-state index in [1.807, 2.05) is 42.5 Å². The zero-order chi connectivity index (χ0) is 13.8. The van der Waals surface area contributed by atoms with Crippen molar-refractivity contribution >= 4 is 23.2 Å². The van der Waals surface area contributed by atoms with Crippen molar-refractivity contribution in [2.24, 2.45) is 0 Å². The number of alkyl halides is 1. The summed E-state index contributed by atoms with van der Waals surface area (Å²) in [6, 6.07) is 13.2. The molecule has 0 aliphatic carbocycles. The smallest absolute Gasteiger partial charge is 0.137 e. The van der Waals surface area contributed by atoms with Gasteiger partial charge in [-0.2, -0.15) is 0 Å². The molecule has 0 N–H and O–H groups in total. The number of ether oxygens (including phenoxy) is 2. The van der Waals surface area contributed by atoms with Gasteiger partial charge in [-0.25, -0.2) is 0 Å². The van der Waals surface area contributed by atoms with Gasteiger partial charge in [-0.1, -0.05) is 29.8 Å². The zero-order valence-electron chi connectivity index (χ0n) is 10.7. The molecule has 1 unspecified atom stereocenters. The molecule has 2 aromatic rings. The number of methoxy groups -OCH3 is 2. The predicted molar refractivity (Wildman–Crippen MR) is 78.7 cm³/mol. The third-order valence-electron chi connectivity index (χ3n) is 2.85. The van der Waals surface area contributed by atoms with Crippen LogP contribution in [0.4, 0.5) is 0 Å². The Morgan fingerprint density at radius 1 is 0.947 bits per heavy atom. The third-order valence-corrected chi connectivity index (χ3v) is 3.65. The maximum atomic E-state index is 6.47. The quantitative estimate of drug-likeness (QED) is 0.762. The van der Waals surface area contributed by atoms with Gasteiger partial charge in [-0.05, 0) is 35.4 Å². The molecule has 0 aromatic heterocycles. The molecule has 100 valence electrons. The zero-order valence-corrected chi connectivity index (χ0v) is 12.2. The van der Waals surface area contributed by atoms with Crippen molar-refractivity contribution < 1.29 is 9.47 Å². The summed E-state index contributed by atoms with van der Waals surface area (Å²) in [6.07, 6.45) is 0. The van der Waals surface area contributed by atoms with Crippen LogP contribution < -0.4 is 9.47 Å². The van der Waals surface area contributed by atoms with E-state index in [-0.39, 0.29) is 5.38 Å². The number of hydrogen-bond donors (Lipinski definition) is 0. The maximum absolute atomic E-state index is 6.47.